The van der Waals surface area contributed by atoms with Crippen LogP contribution in [-0.4, -0.2) is 23.6 Å². The number of benzene rings is 1. The Morgan fingerprint density at radius 2 is 2.36 bits per heavy atom. The van der Waals surface area contributed by atoms with Crippen molar-refractivity contribution >= 4 is 28.8 Å². The molecule has 4 nitrogen and oxygen atoms in total. The van der Waals surface area contributed by atoms with E-state index in [0.29, 0.717) is 33.7 Å². The smallest absolute Gasteiger partial charge is 0.168 e. The van der Waals surface area contributed by atoms with E-state index < -0.39 is 0 Å². The van der Waals surface area contributed by atoms with E-state index >= 15 is 0 Å². The largest absolute Gasteiger partial charge is 0.496 e. The van der Waals surface area contributed by atoms with E-state index in [1.807, 2.05) is 0 Å². The second kappa shape index (κ2) is 3.31. The van der Waals surface area contributed by atoms with Gasteiger partial charge < -0.3 is 4.74 Å². The standard InChI is InChI=1S/C9H7ClN2O2/c1-14-8-3-5(10)2-6-9(8)7(4-13)12-11-6/h2-4H,1H3,(H,11,12). The number of aldehydes is 1. The van der Waals surface area contributed by atoms with Crippen molar-refractivity contribution in [2.24, 2.45) is 0 Å². The molecule has 0 aliphatic carbocycles. The van der Waals surface area contributed by atoms with Gasteiger partial charge in [-0.1, -0.05) is 11.6 Å². The Morgan fingerprint density at radius 1 is 1.57 bits per heavy atom. The highest BCUT2D eigenvalue weighted by Crippen LogP contribution is 2.30. The number of carbonyl (C=O) groups excluding carboxylic acids is 1. The summed E-state index contributed by atoms with van der Waals surface area (Å²) in [6.07, 6.45) is 0.700. The lowest BCUT2D eigenvalue weighted by Crippen LogP contribution is -1.86. The first-order chi connectivity index (χ1) is 6.76. The first-order valence-electron chi connectivity index (χ1n) is 3.93. The number of rotatable bonds is 2. The number of methoxy groups -OCH3 is 1. The van der Waals surface area contributed by atoms with Gasteiger partial charge in [0, 0.05) is 5.02 Å². The molecule has 0 saturated carbocycles. The normalized spacial score (nSPS) is 10.4. The van der Waals surface area contributed by atoms with E-state index in [9.17, 15) is 4.79 Å². The van der Waals surface area contributed by atoms with Gasteiger partial charge >= 0.3 is 0 Å². The van der Waals surface area contributed by atoms with Crippen molar-refractivity contribution in [2.45, 2.75) is 0 Å². The van der Waals surface area contributed by atoms with Crippen molar-refractivity contribution in [3.63, 3.8) is 0 Å². The van der Waals surface area contributed by atoms with Crippen LogP contribution in [0.4, 0.5) is 0 Å². The maximum Gasteiger partial charge on any atom is 0.168 e. The monoisotopic (exact) mass is 210 g/mol. The molecule has 0 atom stereocenters. The molecule has 0 unspecified atom stereocenters. The Labute approximate surface area is 84.8 Å². The van der Waals surface area contributed by atoms with Crippen molar-refractivity contribution in [1.82, 2.24) is 10.2 Å². The summed E-state index contributed by atoms with van der Waals surface area (Å²) in [6, 6.07) is 3.31. The molecule has 2 aromatic rings. The zero-order valence-electron chi connectivity index (χ0n) is 7.37. The number of H-pyrrole nitrogens is 1. The molecule has 0 radical (unpaired) electrons. The predicted molar refractivity (Wildman–Crippen MR) is 53.0 cm³/mol. The lowest BCUT2D eigenvalue weighted by Gasteiger charge is -2.01. The van der Waals surface area contributed by atoms with Gasteiger partial charge in [-0.3, -0.25) is 9.89 Å². The number of carbonyl (C=O) groups is 1. The van der Waals surface area contributed by atoms with Crippen LogP contribution in [0.15, 0.2) is 12.1 Å². The van der Waals surface area contributed by atoms with Crippen LogP contribution in [0.2, 0.25) is 5.02 Å². The second-order valence-electron chi connectivity index (χ2n) is 2.76. The molecule has 14 heavy (non-hydrogen) atoms. The molecule has 1 aromatic heterocycles. The summed E-state index contributed by atoms with van der Waals surface area (Å²) in [5, 5.41) is 7.73. The second-order valence-corrected chi connectivity index (χ2v) is 3.19. The van der Waals surface area contributed by atoms with E-state index in [2.05, 4.69) is 10.2 Å². The Hall–Kier alpha value is -1.55. The highest BCUT2D eigenvalue weighted by Gasteiger charge is 2.11. The SMILES string of the molecule is COc1cc(Cl)cc2n[nH]c(C=O)c12. The maximum atomic E-state index is 10.7. The van der Waals surface area contributed by atoms with Crippen LogP contribution in [0.5, 0.6) is 5.75 Å². The third-order valence-corrected chi connectivity index (χ3v) is 2.17. The molecular formula is C9H7ClN2O2. The third-order valence-electron chi connectivity index (χ3n) is 1.95. The van der Waals surface area contributed by atoms with E-state index in [4.69, 9.17) is 16.3 Å². The fraction of sp³-hybridized carbons (Fsp3) is 0.111. The third kappa shape index (κ3) is 1.24. The molecule has 0 amide bonds. The van der Waals surface area contributed by atoms with Gasteiger partial charge in [0.05, 0.1) is 18.0 Å². The zero-order valence-corrected chi connectivity index (χ0v) is 8.13. The summed E-state index contributed by atoms with van der Waals surface area (Å²) in [7, 11) is 1.52. The van der Waals surface area contributed by atoms with Gasteiger partial charge in [-0.2, -0.15) is 5.10 Å². The molecule has 0 saturated heterocycles. The van der Waals surface area contributed by atoms with Crippen LogP contribution < -0.4 is 4.74 Å². The molecule has 0 aliphatic heterocycles. The minimum absolute atomic E-state index is 0.397. The Bertz CT molecular complexity index is 493. The van der Waals surface area contributed by atoms with Crippen molar-refractivity contribution in [3.8, 4) is 5.75 Å². The first-order valence-corrected chi connectivity index (χ1v) is 4.31. The first kappa shape index (κ1) is 9.02. The summed E-state index contributed by atoms with van der Waals surface area (Å²) in [5.41, 5.74) is 1.02. The highest BCUT2D eigenvalue weighted by molar-refractivity contribution is 6.31. The molecular weight excluding hydrogens is 204 g/mol. The van der Waals surface area contributed by atoms with E-state index in [1.54, 1.807) is 12.1 Å². The summed E-state index contributed by atoms with van der Waals surface area (Å²) in [5.74, 6) is 0.545. The minimum atomic E-state index is 0.397. The lowest BCUT2D eigenvalue weighted by atomic mass is 10.2. The number of aromatic nitrogens is 2. The highest BCUT2D eigenvalue weighted by atomic mass is 35.5. The van der Waals surface area contributed by atoms with Gasteiger partial charge in [-0.15, -0.1) is 0 Å². The summed E-state index contributed by atoms with van der Waals surface area (Å²) in [4.78, 5) is 10.7. The average Bonchev–Trinajstić information content (AvgIpc) is 2.59. The van der Waals surface area contributed by atoms with Crippen molar-refractivity contribution in [1.29, 1.82) is 0 Å². The summed E-state index contributed by atoms with van der Waals surface area (Å²) >= 11 is 5.83. The van der Waals surface area contributed by atoms with Crippen LogP contribution in [0.25, 0.3) is 10.9 Å². The predicted octanol–water partition coefficient (Wildman–Crippen LogP) is 2.04. The topological polar surface area (TPSA) is 55.0 Å². The number of nitrogens with one attached hydrogen (secondary N) is 1. The van der Waals surface area contributed by atoms with Gasteiger partial charge in [0.15, 0.2) is 6.29 Å². The van der Waals surface area contributed by atoms with Crippen LogP contribution in [0.3, 0.4) is 0 Å². The maximum absolute atomic E-state index is 10.7. The van der Waals surface area contributed by atoms with Gasteiger partial charge in [0.1, 0.15) is 11.4 Å². The quantitative estimate of drug-likeness (QED) is 0.772. The van der Waals surface area contributed by atoms with Gasteiger partial charge in [-0.25, -0.2) is 0 Å². The fourth-order valence-electron chi connectivity index (χ4n) is 1.35. The number of ether oxygens (including phenoxy) is 1. The van der Waals surface area contributed by atoms with Crippen LogP contribution >= 0.6 is 11.6 Å². The van der Waals surface area contributed by atoms with Gasteiger partial charge in [0.2, 0.25) is 0 Å². The Kier molecular flexibility index (Phi) is 2.13. The molecule has 0 spiro atoms. The van der Waals surface area contributed by atoms with Gasteiger partial charge in [0.25, 0.3) is 0 Å². The number of nitrogens with zero attached hydrogens (tertiary/aromatic N) is 1. The Morgan fingerprint density at radius 3 is 3.00 bits per heavy atom. The van der Waals surface area contributed by atoms with Crippen molar-refractivity contribution < 1.29 is 9.53 Å². The molecule has 1 N–H and O–H groups in total. The van der Waals surface area contributed by atoms with Crippen molar-refractivity contribution in [3.05, 3.63) is 22.8 Å². The molecule has 2 rings (SSSR count). The molecule has 0 fully saturated rings. The number of hydrogen-bond donors (Lipinski definition) is 1. The summed E-state index contributed by atoms with van der Waals surface area (Å²) < 4.78 is 5.11. The van der Waals surface area contributed by atoms with Crippen molar-refractivity contribution in [2.75, 3.05) is 7.11 Å². The van der Waals surface area contributed by atoms with E-state index in [-0.39, 0.29) is 0 Å². The molecule has 1 heterocycles. The zero-order chi connectivity index (χ0) is 10.1. The van der Waals surface area contributed by atoms with Crippen LogP contribution in [0.1, 0.15) is 10.5 Å². The average molecular weight is 211 g/mol. The summed E-state index contributed by atoms with van der Waals surface area (Å²) in [6.45, 7) is 0. The van der Waals surface area contributed by atoms with Crippen LogP contribution in [-0.2, 0) is 0 Å². The number of fused-ring (bicyclic) bond motifs is 1. The van der Waals surface area contributed by atoms with E-state index in [0.717, 1.165) is 0 Å². The molecule has 1 aromatic carbocycles. The number of hydrogen-bond acceptors (Lipinski definition) is 3. The number of halogens is 1. The minimum Gasteiger partial charge on any atom is -0.496 e. The van der Waals surface area contributed by atoms with E-state index in [1.165, 1.54) is 7.11 Å². The lowest BCUT2D eigenvalue weighted by molar-refractivity contribution is 0.112. The molecule has 0 bridgehead atoms. The van der Waals surface area contributed by atoms with Gasteiger partial charge in [-0.05, 0) is 12.1 Å². The molecule has 72 valence electrons. The van der Waals surface area contributed by atoms with Crippen LogP contribution in [0, 0.1) is 0 Å². The molecule has 5 heteroatoms. The molecule has 0 aliphatic rings. The number of aromatic amines is 1. The fourth-order valence-corrected chi connectivity index (χ4v) is 1.55. The Balaban J connectivity index is 2.85.